The van der Waals surface area contributed by atoms with E-state index in [1.54, 1.807) is 13.8 Å². The van der Waals surface area contributed by atoms with E-state index in [1.807, 2.05) is 0 Å². The number of morpholine rings is 1. The number of carbonyl (C=O) groups excluding carboxylic acids is 2. The van der Waals surface area contributed by atoms with Gasteiger partial charge in [0.05, 0.1) is 13.2 Å². The molecule has 0 aromatic heterocycles. The Bertz CT molecular complexity index is 310. The number of hydrogen-bond donors (Lipinski definition) is 2. The Kier molecular flexibility index (Phi) is 2.86. The Morgan fingerprint density at radius 3 is 2.50 bits per heavy atom. The van der Waals surface area contributed by atoms with Gasteiger partial charge >= 0.3 is 6.03 Å². The SMILES string of the molecule is CC1(C)NC(=O)N(C[NH+]2CCOCC2)C1=O. The molecule has 2 saturated heterocycles. The summed E-state index contributed by atoms with van der Waals surface area (Å²) in [7, 11) is 0. The van der Waals surface area contributed by atoms with E-state index in [0.29, 0.717) is 19.9 Å². The van der Waals surface area contributed by atoms with Crippen molar-refractivity contribution in [3.63, 3.8) is 0 Å². The largest absolute Gasteiger partial charge is 0.370 e. The van der Waals surface area contributed by atoms with E-state index < -0.39 is 5.54 Å². The first-order valence-electron chi connectivity index (χ1n) is 5.56. The molecule has 0 bridgehead atoms. The fraction of sp³-hybridized carbons (Fsp3) is 0.800. The van der Waals surface area contributed by atoms with Gasteiger partial charge in [0.2, 0.25) is 0 Å². The van der Waals surface area contributed by atoms with E-state index in [0.717, 1.165) is 13.1 Å². The maximum absolute atomic E-state index is 11.9. The number of nitrogens with one attached hydrogen (secondary N) is 2. The Balaban J connectivity index is 1.99. The Morgan fingerprint density at radius 2 is 2.00 bits per heavy atom. The number of ether oxygens (including phenoxy) is 1. The lowest BCUT2D eigenvalue weighted by molar-refractivity contribution is -0.915. The minimum absolute atomic E-state index is 0.142. The van der Waals surface area contributed by atoms with Crippen LogP contribution in [0.2, 0.25) is 0 Å². The number of carbonyl (C=O) groups is 2. The Labute approximate surface area is 94.5 Å². The highest BCUT2D eigenvalue weighted by molar-refractivity contribution is 6.06. The minimum Gasteiger partial charge on any atom is -0.370 e. The molecule has 0 saturated carbocycles. The van der Waals surface area contributed by atoms with Gasteiger partial charge in [-0.1, -0.05) is 0 Å². The van der Waals surface area contributed by atoms with Crippen LogP contribution in [0.15, 0.2) is 0 Å². The van der Waals surface area contributed by atoms with Crippen molar-refractivity contribution in [1.82, 2.24) is 10.2 Å². The van der Waals surface area contributed by atoms with Crippen molar-refractivity contribution in [3.05, 3.63) is 0 Å². The van der Waals surface area contributed by atoms with Crippen molar-refractivity contribution in [1.29, 1.82) is 0 Å². The van der Waals surface area contributed by atoms with E-state index in [1.165, 1.54) is 9.80 Å². The highest BCUT2D eigenvalue weighted by Gasteiger charge is 2.45. The summed E-state index contributed by atoms with van der Waals surface area (Å²) in [6, 6.07) is -0.283. The zero-order valence-corrected chi connectivity index (χ0v) is 9.71. The summed E-state index contributed by atoms with van der Waals surface area (Å²) < 4.78 is 5.23. The molecular formula is C10H18N3O3+. The molecule has 2 fully saturated rings. The van der Waals surface area contributed by atoms with Gasteiger partial charge in [0.1, 0.15) is 18.6 Å². The number of imide groups is 1. The van der Waals surface area contributed by atoms with Crippen LogP contribution in [0.1, 0.15) is 13.8 Å². The van der Waals surface area contributed by atoms with Gasteiger partial charge in [-0.3, -0.25) is 4.79 Å². The maximum atomic E-state index is 11.9. The molecule has 2 N–H and O–H groups in total. The van der Waals surface area contributed by atoms with Crippen LogP contribution in [0.3, 0.4) is 0 Å². The zero-order chi connectivity index (χ0) is 11.8. The van der Waals surface area contributed by atoms with Gasteiger partial charge in [-0.2, -0.15) is 0 Å². The van der Waals surface area contributed by atoms with Crippen LogP contribution in [0.5, 0.6) is 0 Å². The summed E-state index contributed by atoms with van der Waals surface area (Å²) in [5, 5.41) is 2.68. The van der Waals surface area contributed by atoms with Crippen LogP contribution in [-0.2, 0) is 9.53 Å². The Hall–Kier alpha value is -1.14. The van der Waals surface area contributed by atoms with Gasteiger partial charge in [0, 0.05) is 0 Å². The smallest absolute Gasteiger partial charge is 0.329 e. The lowest BCUT2D eigenvalue weighted by atomic mass is 10.1. The summed E-state index contributed by atoms with van der Waals surface area (Å²) in [4.78, 5) is 26.1. The fourth-order valence-corrected chi connectivity index (χ4v) is 2.00. The third kappa shape index (κ3) is 2.03. The highest BCUT2D eigenvalue weighted by Crippen LogP contribution is 2.14. The first-order chi connectivity index (χ1) is 7.50. The second-order valence-electron chi connectivity index (χ2n) is 4.81. The first-order valence-corrected chi connectivity index (χ1v) is 5.56. The number of rotatable bonds is 2. The van der Waals surface area contributed by atoms with Crippen LogP contribution in [0.25, 0.3) is 0 Å². The van der Waals surface area contributed by atoms with Crippen LogP contribution in [0, 0.1) is 0 Å². The normalized spacial score (nSPS) is 26.0. The molecule has 0 radical (unpaired) electrons. The second-order valence-corrected chi connectivity index (χ2v) is 4.81. The molecule has 6 nitrogen and oxygen atoms in total. The predicted octanol–water partition coefficient (Wildman–Crippen LogP) is -1.81. The van der Waals surface area contributed by atoms with Gasteiger partial charge < -0.3 is 15.0 Å². The molecule has 16 heavy (non-hydrogen) atoms. The maximum Gasteiger partial charge on any atom is 0.329 e. The molecule has 2 aliphatic heterocycles. The first kappa shape index (κ1) is 11.3. The van der Waals surface area contributed by atoms with Gasteiger partial charge in [0.15, 0.2) is 6.67 Å². The summed E-state index contributed by atoms with van der Waals surface area (Å²) in [5.41, 5.74) is -0.761. The molecule has 2 heterocycles. The fourth-order valence-electron chi connectivity index (χ4n) is 2.00. The van der Waals surface area contributed by atoms with E-state index in [-0.39, 0.29) is 11.9 Å². The van der Waals surface area contributed by atoms with Gasteiger partial charge in [-0.05, 0) is 13.8 Å². The zero-order valence-electron chi connectivity index (χ0n) is 9.71. The molecule has 0 aromatic carbocycles. The molecule has 0 unspecified atom stereocenters. The van der Waals surface area contributed by atoms with Crippen molar-refractivity contribution in [2.45, 2.75) is 19.4 Å². The van der Waals surface area contributed by atoms with Crippen LogP contribution in [-0.4, -0.2) is 55.3 Å². The predicted molar refractivity (Wildman–Crippen MR) is 55.8 cm³/mol. The number of nitrogens with zero attached hydrogens (tertiary/aromatic N) is 1. The second kappa shape index (κ2) is 4.03. The summed E-state index contributed by atoms with van der Waals surface area (Å²) >= 11 is 0. The van der Waals surface area contributed by atoms with Crippen molar-refractivity contribution in [2.24, 2.45) is 0 Å². The van der Waals surface area contributed by atoms with Crippen LogP contribution < -0.4 is 10.2 Å². The number of quaternary nitrogens is 1. The molecule has 0 aliphatic carbocycles. The van der Waals surface area contributed by atoms with Gasteiger partial charge in [0.25, 0.3) is 5.91 Å². The number of hydrogen-bond acceptors (Lipinski definition) is 3. The van der Waals surface area contributed by atoms with E-state index in [9.17, 15) is 9.59 Å². The van der Waals surface area contributed by atoms with E-state index >= 15 is 0 Å². The molecule has 90 valence electrons. The van der Waals surface area contributed by atoms with E-state index in [4.69, 9.17) is 4.74 Å². The van der Waals surface area contributed by atoms with Crippen molar-refractivity contribution in [2.75, 3.05) is 33.0 Å². The molecule has 2 aliphatic rings. The molecule has 3 amide bonds. The van der Waals surface area contributed by atoms with Crippen LogP contribution in [0.4, 0.5) is 4.79 Å². The van der Waals surface area contributed by atoms with Gasteiger partial charge in [-0.25, -0.2) is 9.69 Å². The van der Waals surface area contributed by atoms with Crippen molar-refractivity contribution >= 4 is 11.9 Å². The quantitative estimate of drug-likeness (QED) is 0.548. The average Bonchev–Trinajstić information content (AvgIpc) is 2.42. The number of urea groups is 1. The highest BCUT2D eigenvalue weighted by atomic mass is 16.5. The summed E-state index contributed by atoms with van der Waals surface area (Å²) in [6.45, 7) is 6.97. The molecule has 0 aromatic rings. The minimum atomic E-state index is -0.761. The topological polar surface area (TPSA) is 63.1 Å². The van der Waals surface area contributed by atoms with Crippen molar-refractivity contribution in [3.8, 4) is 0 Å². The lowest BCUT2D eigenvalue weighted by Gasteiger charge is -2.26. The summed E-state index contributed by atoms with van der Waals surface area (Å²) in [5.74, 6) is -0.142. The molecule has 0 spiro atoms. The third-order valence-electron chi connectivity index (χ3n) is 3.03. The lowest BCUT2D eigenvalue weighted by Crippen LogP contribution is -3.15. The third-order valence-corrected chi connectivity index (χ3v) is 3.03. The molecular weight excluding hydrogens is 210 g/mol. The summed E-state index contributed by atoms with van der Waals surface area (Å²) in [6.07, 6.45) is 0. The van der Waals surface area contributed by atoms with E-state index in [2.05, 4.69) is 5.32 Å². The Morgan fingerprint density at radius 1 is 1.38 bits per heavy atom. The number of amides is 3. The molecule has 6 heteroatoms. The van der Waals surface area contributed by atoms with Crippen molar-refractivity contribution < 1.29 is 19.2 Å². The van der Waals surface area contributed by atoms with Gasteiger partial charge in [-0.15, -0.1) is 0 Å². The van der Waals surface area contributed by atoms with Crippen LogP contribution >= 0.6 is 0 Å². The monoisotopic (exact) mass is 228 g/mol. The standard InChI is InChI=1S/C10H17N3O3/c1-10(2)8(14)13(9(15)11-10)7-12-3-5-16-6-4-12/h3-7H2,1-2H3,(H,11,15)/p+1. The molecule has 0 atom stereocenters. The molecule has 2 rings (SSSR count). The average molecular weight is 228 g/mol.